The van der Waals surface area contributed by atoms with Crippen LogP contribution in [0.4, 0.5) is 5.69 Å². The van der Waals surface area contributed by atoms with Gasteiger partial charge in [-0.15, -0.1) is 0 Å². The molecule has 0 aliphatic rings. The van der Waals surface area contributed by atoms with E-state index in [-0.39, 0.29) is 12.0 Å². The van der Waals surface area contributed by atoms with Gasteiger partial charge in [-0.25, -0.2) is 4.79 Å². The topological polar surface area (TPSA) is 98.2 Å². The Bertz CT molecular complexity index is 1150. The fourth-order valence-corrected chi connectivity index (χ4v) is 3.28. The van der Waals surface area contributed by atoms with Crippen molar-refractivity contribution in [2.45, 2.75) is 12.5 Å². The molecule has 2 aromatic carbocycles. The third-order valence-corrected chi connectivity index (χ3v) is 4.98. The number of nitriles is 1. The summed E-state index contributed by atoms with van der Waals surface area (Å²) in [5.41, 5.74) is 3.43. The lowest BCUT2D eigenvalue weighted by Crippen LogP contribution is -2.43. The van der Waals surface area contributed by atoms with Crippen molar-refractivity contribution in [3.63, 3.8) is 0 Å². The van der Waals surface area contributed by atoms with E-state index in [0.29, 0.717) is 5.56 Å². The first-order chi connectivity index (χ1) is 14.9. The maximum Gasteiger partial charge on any atom is 0.328 e. The maximum atomic E-state index is 12.8. The molecule has 3 rings (SSSR count). The second kappa shape index (κ2) is 9.63. The van der Waals surface area contributed by atoms with Crippen LogP contribution in [0.2, 0.25) is 0 Å². The highest BCUT2D eigenvalue weighted by Crippen LogP contribution is 2.20. The number of carbonyl (C=O) groups is 2. The van der Waals surface area contributed by atoms with E-state index in [9.17, 15) is 14.9 Å². The second-order valence-corrected chi connectivity index (χ2v) is 7.27. The van der Waals surface area contributed by atoms with Gasteiger partial charge >= 0.3 is 5.97 Å². The molecule has 158 valence electrons. The third-order valence-electron chi connectivity index (χ3n) is 4.98. The quantitative estimate of drug-likeness (QED) is 0.350. The van der Waals surface area contributed by atoms with Crippen LogP contribution in [0.3, 0.4) is 0 Å². The molecule has 1 amide bonds. The molecule has 0 radical (unpaired) electrons. The molecule has 31 heavy (non-hydrogen) atoms. The molecule has 2 N–H and O–H groups in total. The van der Waals surface area contributed by atoms with Crippen LogP contribution in [0, 0.1) is 11.3 Å². The molecular weight excluding hydrogens is 392 g/mol. The van der Waals surface area contributed by atoms with Crippen molar-refractivity contribution in [1.82, 2.24) is 10.3 Å². The van der Waals surface area contributed by atoms with Crippen LogP contribution in [0.5, 0.6) is 0 Å². The molecule has 0 saturated carbocycles. The van der Waals surface area contributed by atoms with Gasteiger partial charge in [0.2, 0.25) is 0 Å². The van der Waals surface area contributed by atoms with Crippen molar-refractivity contribution in [2.75, 3.05) is 26.1 Å². The number of H-pyrrole nitrogens is 1. The molecule has 1 heterocycles. The Morgan fingerprint density at radius 2 is 1.90 bits per heavy atom. The van der Waals surface area contributed by atoms with E-state index < -0.39 is 17.9 Å². The zero-order chi connectivity index (χ0) is 22.4. The summed E-state index contributed by atoms with van der Waals surface area (Å²) in [4.78, 5) is 30.2. The minimum atomic E-state index is -0.926. The number of hydrogen-bond donors (Lipinski definition) is 2. The molecule has 7 heteroatoms. The van der Waals surface area contributed by atoms with Crippen molar-refractivity contribution in [1.29, 1.82) is 5.26 Å². The zero-order valence-electron chi connectivity index (χ0n) is 17.7. The molecule has 1 atom stereocenters. The predicted molar refractivity (Wildman–Crippen MR) is 120 cm³/mol. The number of para-hydroxylation sites is 1. The number of nitrogens with zero attached hydrogens (tertiary/aromatic N) is 2. The van der Waals surface area contributed by atoms with Crippen LogP contribution < -0.4 is 10.2 Å². The number of amides is 1. The van der Waals surface area contributed by atoms with Gasteiger partial charge in [-0.3, -0.25) is 4.79 Å². The monoisotopic (exact) mass is 416 g/mol. The highest BCUT2D eigenvalue weighted by Gasteiger charge is 2.24. The Kier molecular flexibility index (Phi) is 6.73. The zero-order valence-corrected chi connectivity index (χ0v) is 17.7. The first kappa shape index (κ1) is 21.7. The Balaban J connectivity index is 1.80. The number of nitrogens with one attached hydrogen (secondary N) is 2. The van der Waals surface area contributed by atoms with Crippen LogP contribution in [0.15, 0.2) is 60.3 Å². The van der Waals surface area contributed by atoms with Gasteiger partial charge in [0.15, 0.2) is 0 Å². The smallest absolute Gasteiger partial charge is 0.328 e. The first-order valence-corrected chi connectivity index (χ1v) is 9.75. The van der Waals surface area contributed by atoms with Gasteiger partial charge in [0.05, 0.1) is 7.11 Å². The molecule has 0 aliphatic heterocycles. The summed E-state index contributed by atoms with van der Waals surface area (Å²) in [6.45, 7) is 0. The molecule has 7 nitrogen and oxygen atoms in total. The number of benzene rings is 2. The molecule has 0 saturated heterocycles. The minimum Gasteiger partial charge on any atom is -0.467 e. The number of hydrogen-bond acceptors (Lipinski definition) is 5. The van der Waals surface area contributed by atoms with Crippen molar-refractivity contribution in [3.05, 3.63) is 71.4 Å². The molecule has 0 spiro atoms. The van der Waals surface area contributed by atoms with E-state index in [1.54, 1.807) is 6.20 Å². The number of anilines is 1. The summed E-state index contributed by atoms with van der Waals surface area (Å²) in [5, 5.41) is 13.1. The van der Waals surface area contributed by atoms with Crippen LogP contribution in [0.1, 0.15) is 11.1 Å². The number of aromatic nitrogens is 1. The van der Waals surface area contributed by atoms with E-state index in [4.69, 9.17) is 4.74 Å². The summed E-state index contributed by atoms with van der Waals surface area (Å²) >= 11 is 0. The van der Waals surface area contributed by atoms with Crippen molar-refractivity contribution < 1.29 is 14.3 Å². The van der Waals surface area contributed by atoms with E-state index in [1.165, 1.54) is 13.2 Å². The summed E-state index contributed by atoms with van der Waals surface area (Å²) in [7, 11) is 5.13. The number of rotatable bonds is 7. The molecule has 1 aromatic heterocycles. The van der Waals surface area contributed by atoms with Gasteiger partial charge < -0.3 is 19.9 Å². The van der Waals surface area contributed by atoms with Crippen LogP contribution in [-0.4, -0.2) is 44.1 Å². The molecular formula is C24H24N4O3. The average molecular weight is 416 g/mol. The van der Waals surface area contributed by atoms with Crippen molar-refractivity contribution in [3.8, 4) is 6.07 Å². The van der Waals surface area contributed by atoms with Crippen LogP contribution >= 0.6 is 0 Å². The van der Waals surface area contributed by atoms with Gasteiger partial charge in [-0.2, -0.15) is 5.26 Å². The Labute approximate surface area is 180 Å². The van der Waals surface area contributed by atoms with E-state index in [2.05, 4.69) is 10.3 Å². The summed E-state index contributed by atoms with van der Waals surface area (Å²) < 4.78 is 4.87. The minimum absolute atomic E-state index is 0.0922. The average Bonchev–Trinajstić information content (AvgIpc) is 3.19. The molecule has 0 bridgehead atoms. The van der Waals surface area contributed by atoms with Crippen LogP contribution in [-0.2, 0) is 20.7 Å². The highest BCUT2D eigenvalue weighted by molar-refractivity contribution is 6.03. The Hall–Kier alpha value is -4.05. The van der Waals surface area contributed by atoms with Gasteiger partial charge in [0.1, 0.15) is 17.7 Å². The fraction of sp³-hybridized carbons (Fsp3) is 0.208. The number of aromatic amines is 1. The number of methoxy groups -OCH3 is 1. The number of fused-ring (bicyclic) bond motifs is 1. The highest BCUT2D eigenvalue weighted by atomic mass is 16.5. The van der Waals surface area contributed by atoms with E-state index in [0.717, 1.165) is 22.2 Å². The third kappa shape index (κ3) is 5.11. The normalized spacial score (nSPS) is 12.1. The Morgan fingerprint density at radius 3 is 2.55 bits per heavy atom. The molecule has 0 fully saturated rings. The molecule has 3 aromatic rings. The largest absolute Gasteiger partial charge is 0.467 e. The summed E-state index contributed by atoms with van der Waals surface area (Å²) in [5.74, 6) is -1.21. The van der Waals surface area contributed by atoms with Gasteiger partial charge in [-0.05, 0) is 35.4 Å². The summed E-state index contributed by atoms with van der Waals surface area (Å²) in [6, 6.07) is 16.1. The first-order valence-electron chi connectivity index (χ1n) is 9.75. The van der Waals surface area contributed by atoms with E-state index >= 15 is 0 Å². The van der Waals surface area contributed by atoms with Gasteiger partial charge in [-0.1, -0.05) is 30.3 Å². The number of ether oxygens (including phenoxy) is 1. The molecule has 1 unspecified atom stereocenters. The Morgan fingerprint density at radius 1 is 1.19 bits per heavy atom. The fourth-order valence-electron chi connectivity index (χ4n) is 3.28. The van der Waals surface area contributed by atoms with Crippen molar-refractivity contribution in [2.24, 2.45) is 0 Å². The van der Waals surface area contributed by atoms with Gasteiger partial charge in [0.25, 0.3) is 5.91 Å². The second-order valence-electron chi connectivity index (χ2n) is 7.27. The lowest BCUT2D eigenvalue weighted by Gasteiger charge is -2.16. The standard InChI is InChI=1S/C24H24N4O3/c1-28(2)19-10-8-16(9-11-19)12-17(14-25)23(29)27-22(24(30)31-3)13-18-15-26-21-7-5-4-6-20(18)21/h4-12,15,22,26H,13H2,1-3H3,(H,27,29)/b17-12+. The predicted octanol–water partition coefficient (Wildman–Crippen LogP) is 3.04. The SMILES string of the molecule is COC(=O)C(Cc1c[nH]c2ccccc12)NC(=O)/C(C#N)=C/c1ccc(N(C)C)cc1. The maximum absolute atomic E-state index is 12.8. The number of esters is 1. The lowest BCUT2D eigenvalue weighted by atomic mass is 10.0. The molecule has 0 aliphatic carbocycles. The van der Waals surface area contributed by atoms with Crippen LogP contribution in [0.25, 0.3) is 17.0 Å². The number of carbonyl (C=O) groups excluding carboxylic acids is 2. The van der Waals surface area contributed by atoms with Crippen molar-refractivity contribution >= 4 is 34.5 Å². The van der Waals surface area contributed by atoms with E-state index in [1.807, 2.05) is 73.6 Å². The van der Waals surface area contributed by atoms with Gasteiger partial charge in [0, 0.05) is 43.3 Å². The summed E-state index contributed by atoms with van der Waals surface area (Å²) in [6.07, 6.45) is 3.54. The lowest BCUT2D eigenvalue weighted by molar-refractivity contribution is -0.144.